The second-order valence-electron chi connectivity index (χ2n) is 42.6. The van der Waals surface area contributed by atoms with E-state index in [9.17, 15) is 0 Å². The number of hydrogen-bond acceptors (Lipinski definition) is 4. The number of anilines is 6. The Labute approximate surface area is 861 Å². The van der Waals surface area contributed by atoms with E-state index in [1.54, 1.807) is 0 Å². The number of fused-ring (bicyclic) bond motifs is 34. The predicted octanol–water partition coefficient (Wildman–Crippen LogP) is 39.2. The van der Waals surface area contributed by atoms with Crippen LogP contribution >= 0.6 is 0 Å². The average Bonchev–Trinajstić information content (AvgIpc) is 1.53. The largest absolute Gasteiger partial charge is 0.454 e. The Balaban J connectivity index is 0.000000132. The van der Waals surface area contributed by atoms with Gasteiger partial charge in [0.1, 0.15) is 11.2 Å². The molecule has 2 aliphatic rings. The van der Waals surface area contributed by atoms with Crippen molar-refractivity contribution in [3.8, 4) is 55.9 Å². The molecule has 150 heavy (non-hydrogen) atoms. The molecule has 0 unspecified atom stereocenters. The van der Waals surface area contributed by atoms with Gasteiger partial charge < -0.3 is 36.6 Å². The van der Waals surface area contributed by atoms with Gasteiger partial charge >= 0.3 is 0 Å². The van der Waals surface area contributed by atoms with Crippen molar-refractivity contribution in [1.82, 2.24) is 17.9 Å². The highest BCUT2D eigenvalue weighted by molar-refractivity contribution is 6.30. The lowest BCUT2D eigenvalue weighted by molar-refractivity contribution is 0.660. The molecule has 8 nitrogen and oxygen atoms in total. The fraction of sp³-hybridized carbons (Fsp3) is 0.0423. The van der Waals surface area contributed by atoms with Crippen molar-refractivity contribution >= 4 is 241 Å². The van der Waals surface area contributed by atoms with Crippen LogP contribution in [0.5, 0.6) is 0 Å². The zero-order valence-electron chi connectivity index (χ0n) is 82.5. The summed E-state index contributed by atoms with van der Waals surface area (Å²) >= 11 is 0. The molecule has 0 amide bonds. The van der Waals surface area contributed by atoms with Crippen molar-refractivity contribution in [3.05, 3.63) is 495 Å². The van der Waals surface area contributed by atoms with Crippen LogP contribution in [0.2, 0.25) is 0 Å². The number of rotatable bonds is 10. The highest BCUT2D eigenvalue weighted by Gasteiger charge is 2.39. The van der Waals surface area contributed by atoms with Gasteiger partial charge in [0.2, 0.25) is 0 Å². The third kappa shape index (κ3) is 11.8. The molecular formula is C142H90N6O2. The van der Waals surface area contributed by atoms with Crippen molar-refractivity contribution < 1.29 is 8.83 Å². The average molecular weight is 1910 g/mol. The lowest BCUT2D eigenvalue weighted by atomic mass is 9.81. The highest BCUT2D eigenvalue weighted by atomic mass is 16.3. The minimum atomic E-state index is -0.121. The minimum absolute atomic E-state index is 0.0839. The number of benzene rings is 24. The molecule has 0 saturated carbocycles. The summed E-state index contributed by atoms with van der Waals surface area (Å²) in [6.07, 6.45) is 0. The Morgan fingerprint density at radius 3 is 0.880 bits per heavy atom. The first-order chi connectivity index (χ1) is 73.8. The van der Waals surface area contributed by atoms with Gasteiger partial charge in [0.15, 0.2) is 11.2 Å². The molecule has 34 rings (SSSR count). The summed E-state index contributed by atoms with van der Waals surface area (Å²) < 4.78 is 23.4. The highest BCUT2D eigenvalue weighted by Crippen LogP contribution is 2.56. The van der Waals surface area contributed by atoms with Gasteiger partial charge in [-0.05, 0) is 316 Å². The lowest BCUT2D eigenvalue weighted by Crippen LogP contribution is -2.14. The predicted molar refractivity (Wildman–Crippen MR) is 631 cm³/mol. The molecule has 0 atom stereocenters. The second kappa shape index (κ2) is 30.7. The Hall–Kier alpha value is -19.3. The molecule has 8 heteroatoms. The van der Waals surface area contributed by atoms with Gasteiger partial charge in [-0.25, -0.2) is 0 Å². The molecule has 700 valence electrons. The summed E-state index contributed by atoms with van der Waals surface area (Å²) in [5.74, 6) is 0. The van der Waals surface area contributed by atoms with Crippen LogP contribution in [-0.2, 0) is 10.8 Å². The van der Waals surface area contributed by atoms with Crippen molar-refractivity contribution in [2.75, 3.05) is 9.80 Å². The van der Waals surface area contributed by atoms with Crippen LogP contribution in [0, 0.1) is 0 Å². The fourth-order valence-electron chi connectivity index (χ4n) is 26.9. The molecule has 2 aliphatic carbocycles. The first kappa shape index (κ1) is 83.1. The van der Waals surface area contributed by atoms with Gasteiger partial charge in [0.25, 0.3) is 0 Å². The molecular weight excluding hydrogens is 1820 g/mol. The van der Waals surface area contributed by atoms with E-state index in [0.717, 1.165) is 88.8 Å². The number of para-hydroxylation sites is 10. The maximum atomic E-state index is 6.72. The molecule has 32 aromatic rings. The van der Waals surface area contributed by atoms with E-state index in [1.807, 2.05) is 12.1 Å². The lowest BCUT2D eigenvalue weighted by Gasteiger charge is -2.26. The molecule has 8 heterocycles. The zero-order valence-corrected chi connectivity index (χ0v) is 82.5. The van der Waals surface area contributed by atoms with E-state index in [1.165, 1.54) is 230 Å². The second-order valence-corrected chi connectivity index (χ2v) is 42.6. The summed E-state index contributed by atoms with van der Waals surface area (Å²) in [6.45, 7) is 9.50. The third-order valence-corrected chi connectivity index (χ3v) is 33.8. The maximum absolute atomic E-state index is 6.72. The topological polar surface area (TPSA) is 51.4 Å². The first-order valence-corrected chi connectivity index (χ1v) is 52.1. The first-order valence-electron chi connectivity index (χ1n) is 52.1. The molecule has 0 bridgehead atoms. The standard InChI is InChI=1S/C77H49N3O2.C65H41N3/c1-77(2)66-26-12-9-21-56(66)57-36-33-48(43-67(57)77)51-41-64-62-39-46-31-34-54(78(52-17-5-3-6-18-52)68-27-15-24-60-58-22-10-13-29-72(58)81-75(60)68)37-49(46)44-70(62)80-71-45-50-38-55(35-32-47(50)40-63(71)65(42-51)74(64)80)79(53-19-7-4-8-20-53)69-28-16-25-61-59-23-11-14-30-73(59)82-76(61)69;1-65(2)56-18-8-3-13-46(56)47-28-25-40(35-57(47)65)43-33-54-52-31-38-23-26-44(66-58-19-9-4-14-48(58)49-15-5-10-20-59(49)66)29-41(38)36-62(52)68-63-37-42-30-45(27-24-39(42)32-53(63)55(34-43)64(54)68)67-60-21-11-6-16-50(60)51-17-7-12-22-61(51)67/h3-45H,1-2H3;3-37H,1-2H3. The summed E-state index contributed by atoms with van der Waals surface area (Å²) in [5, 5.41) is 29.2. The number of furan rings is 2. The van der Waals surface area contributed by atoms with Crippen LogP contribution in [-0.4, -0.2) is 17.9 Å². The summed E-state index contributed by atoms with van der Waals surface area (Å²) in [5.41, 5.74) is 39.9. The Morgan fingerprint density at radius 2 is 0.500 bits per heavy atom. The van der Waals surface area contributed by atoms with Gasteiger partial charge in [-0.15, -0.1) is 0 Å². The fourth-order valence-corrected chi connectivity index (χ4v) is 26.9. The molecule has 0 N–H and O–H groups in total. The van der Waals surface area contributed by atoms with Crippen molar-refractivity contribution in [1.29, 1.82) is 0 Å². The van der Waals surface area contributed by atoms with E-state index in [-0.39, 0.29) is 10.8 Å². The number of aromatic nitrogens is 4. The molecule has 24 aromatic carbocycles. The Morgan fingerprint density at radius 1 is 0.187 bits per heavy atom. The molecule has 8 aromatic heterocycles. The van der Waals surface area contributed by atoms with Gasteiger partial charge in [-0.3, -0.25) is 0 Å². The minimum Gasteiger partial charge on any atom is -0.454 e. The number of hydrogen-bond donors (Lipinski definition) is 0. The molecule has 0 fully saturated rings. The normalized spacial score (nSPS) is 13.3. The van der Waals surface area contributed by atoms with E-state index in [0.29, 0.717) is 0 Å². The third-order valence-electron chi connectivity index (χ3n) is 33.8. The smallest absolute Gasteiger partial charge is 0.159 e. The maximum Gasteiger partial charge on any atom is 0.159 e. The van der Waals surface area contributed by atoms with Gasteiger partial charge in [-0.2, -0.15) is 0 Å². The summed E-state index contributed by atoms with van der Waals surface area (Å²) in [7, 11) is 0. The van der Waals surface area contributed by atoms with Crippen LogP contribution in [0.3, 0.4) is 0 Å². The Bertz CT molecular complexity index is 10900. The molecule has 0 saturated heterocycles. The monoisotopic (exact) mass is 1910 g/mol. The molecule has 0 spiro atoms. The SMILES string of the molecule is CC1(C)c2ccccc2-c2ccc(-c3cc4c5cc6ccc(-n7c8ccccc8c8ccccc87)cc6cc5n5c6cc7cc(-n8c9ccccc9c9ccccc98)ccc7cc6c(c3)c45)cc21.CC1(C)c2ccccc2-c2ccc(-c3cc4c5cc6ccc(N(c7ccccc7)c7cccc8c7oc7ccccc78)cc6cc5n5c6cc7cc(N(c8ccccc8)c8cccc9c8oc8ccccc89)ccc7cc6c(c3)c45)cc21. The van der Waals surface area contributed by atoms with Crippen LogP contribution in [0.15, 0.2) is 482 Å². The molecule has 0 aliphatic heterocycles. The Kier molecular flexibility index (Phi) is 17.0. The van der Waals surface area contributed by atoms with Crippen LogP contribution in [0.4, 0.5) is 34.1 Å². The van der Waals surface area contributed by atoms with E-state index in [2.05, 4.69) is 516 Å². The van der Waals surface area contributed by atoms with Crippen LogP contribution in [0.25, 0.3) is 263 Å². The van der Waals surface area contributed by atoms with E-state index >= 15 is 0 Å². The van der Waals surface area contributed by atoms with Crippen molar-refractivity contribution in [3.63, 3.8) is 0 Å². The van der Waals surface area contributed by atoms with Gasteiger partial charge in [-0.1, -0.05) is 295 Å². The van der Waals surface area contributed by atoms with Crippen molar-refractivity contribution in [2.24, 2.45) is 0 Å². The van der Waals surface area contributed by atoms with Gasteiger partial charge in [0, 0.05) is 131 Å². The summed E-state index contributed by atoms with van der Waals surface area (Å²) in [6, 6.07) is 176. The molecule has 0 radical (unpaired) electrons. The summed E-state index contributed by atoms with van der Waals surface area (Å²) in [4.78, 5) is 4.68. The van der Waals surface area contributed by atoms with E-state index < -0.39 is 0 Å². The van der Waals surface area contributed by atoms with Gasteiger partial charge in [0.05, 0.1) is 66.5 Å². The zero-order chi connectivity index (χ0) is 98.5. The quantitative estimate of drug-likeness (QED) is 0.137. The van der Waals surface area contributed by atoms with Crippen LogP contribution in [0.1, 0.15) is 49.9 Å². The van der Waals surface area contributed by atoms with Crippen molar-refractivity contribution in [2.45, 2.75) is 38.5 Å². The van der Waals surface area contributed by atoms with Crippen LogP contribution < -0.4 is 9.80 Å². The number of nitrogens with zero attached hydrogens (tertiary/aromatic N) is 6. The van der Waals surface area contributed by atoms with E-state index in [4.69, 9.17) is 8.83 Å².